The number of para-hydroxylation sites is 1. The molecule has 0 saturated heterocycles. The Labute approximate surface area is 238 Å². The normalized spacial score (nSPS) is 18.8. The second-order valence-electron chi connectivity index (χ2n) is 10.9. The molecule has 0 radical (unpaired) electrons. The Morgan fingerprint density at radius 1 is 0.775 bits per heavy atom. The van der Waals surface area contributed by atoms with E-state index in [1.807, 2.05) is 11.3 Å². The van der Waals surface area contributed by atoms with Gasteiger partial charge in [-0.1, -0.05) is 91.9 Å². The number of rotatable bonds is 3. The zero-order chi connectivity index (χ0) is 26.8. The van der Waals surface area contributed by atoms with Gasteiger partial charge in [-0.2, -0.15) is 0 Å². The van der Waals surface area contributed by atoms with Crippen LogP contribution in [0.25, 0.3) is 43.7 Å². The predicted octanol–water partition coefficient (Wildman–Crippen LogP) is 9.46. The van der Waals surface area contributed by atoms with Gasteiger partial charge in [0, 0.05) is 38.5 Å². The van der Waals surface area contributed by atoms with E-state index in [2.05, 4.69) is 139 Å². The first-order chi connectivity index (χ1) is 19.7. The van der Waals surface area contributed by atoms with Gasteiger partial charge in [0.05, 0.1) is 16.7 Å². The van der Waals surface area contributed by atoms with Crippen LogP contribution in [-0.4, -0.2) is 22.4 Å². The summed E-state index contributed by atoms with van der Waals surface area (Å²) in [5, 5.41) is 4.00. The molecular formula is C36H29N3S. The summed E-state index contributed by atoms with van der Waals surface area (Å²) in [5.41, 5.74) is 7.26. The van der Waals surface area contributed by atoms with E-state index in [1.165, 1.54) is 42.3 Å². The van der Waals surface area contributed by atoms with Crippen LogP contribution in [0.1, 0.15) is 47.0 Å². The maximum absolute atomic E-state index is 5.22. The highest BCUT2D eigenvalue weighted by molar-refractivity contribution is 7.20. The molecule has 1 aliphatic carbocycles. The van der Waals surface area contributed by atoms with Crippen molar-refractivity contribution in [2.45, 2.75) is 25.4 Å². The summed E-state index contributed by atoms with van der Waals surface area (Å²) in [4.78, 5) is 8.96. The lowest BCUT2D eigenvalue weighted by Crippen LogP contribution is -2.36. The first kappa shape index (κ1) is 23.5. The number of benzene rings is 4. The van der Waals surface area contributed by atoms with Crippen molar-refractivity contribution >= 4 is 60.8 Å². The molecule has 4 aromatic carbocycles. The molecule has 2 aromatic heterocycles. The minimum Gasteiger partial charge on any atom is -0.335 e. The Morgan fingerprint density at radius 3 is 2.30 bits per heavy atom. The maximum Gasteiger partial charge on any atom is 0.138 e. The number of allylic oxidation sites excluding steroid dienone is 1. The van der Waals surface area contributed by atoms with Crippen molar-refractivity contribution in [3.63, 3.8) is 0 Å². The third-order valence-electron chi connectivity index (χ3n) is 8.47. The summed E-state index contributed by atoms with van der Waals surface area (Å²) in [7, 11) is 2.17. The topological polar surface area (TPSA) is 20.5 Å². The van der Waals surface area contributed by atoms with Gasteiger partial charge in [-0.05, 0) is 53.6 Å². The second kappa shape index (κ2) is 9.07. The monoisotopic (exact) mass is 535 g/mol. The summed E-state index contributed by atoms with van der Waals surface area (Å²) in [5.74, 6) is 1.51. The van der Waals surface area contributed by atoms with Crippen LogP contribution in [0.5, 0.6) is 0 Å². The molecule has 8 rings (SSSR count). The molecule has 0 fully saturated rings. The van der Waals surface area contributed by atoms with Gasteiger partial charge >= 0.3 is 0 Å². The molecule has 3 heterocycles. The van der Waals surface area contributed by atoms with Crippen molar-refractivity contribution in [2.75, 3.05) is 7.05 Å². The lowest BCUT2D eigenvalue weighted by atomic mass is 9.91. The SMILES string of the molecule is CC1CC=Cc2sc3cc4c5ccccc5n(C5C=C(c6ccccc6)N=C(c6ccccc6)N5C)c4cc3c21. The molecule has 0 saturated carbocycles. The highest BCUT2D eigenvalue weighted by atomic mass is 32.1. The summed E-state index contributed by atoms with van der Waals surface area (Å²) in [6.07, 6.45) is 8.03. The molecule has 4 heteroatoms. The van der Waals surface area contributed by atoms with E-state index in [9.17, 15) is 0 Å². The summed E-state index contributed by atoms with van der Waals surface area (Å²) < 4.78 is 3.90. The minimum absolute atomic E-state index is 0.0467. The third-order valence-corrected chi connectivity index (χ3v) is 9.60. The number of fused-ring (bicyclic) bond motifs is 6. The molecule has 0 N–H and O–H groups in total. The Balaban J connectivity index is 1.42. The molecule has 0 spiro atoms. The molecule has 0 amide bonds. The largest absolute Gasteiger partial charge is 0.335 e. The number of likely N-dealkylation sites (N-methyl/N-ethyl adjacent to an activating group) is 1. The van der Waals surface area contributed by atoms with Crippen LogP contribution in [0.3, 0.4) is 0 Å². The second-order valence-corrected chi connectivity index (χ2v) is 12.0. The maximum atomic E-state index is 5.22. The molecule has 2 atom stereocenters. The van der Waals surface area contributed by atoms with E-state index in [0.717, 1.165) is 29.1 Å². The lowest BCUT2D eigenvalue weighted by molar-refractivity contribution is 0.349. The van der Waals surface area contributed by atoms with Gasteiger partial charge in [0.1, 0.15) is 12.0 Å². The van der Waals surface area contributed by atoms with Gasteiger partial charge in [0.2, 0.25) is 0 Å². The summed E-state index contributed by atoms with van der Waals surface area (Å²) in [6.45, 7) is 2.36. The zero-order valence-electron chi connectivity index (χ0n) is 22.6. The Morgan fingerprint density at radius 2 is 1.50 bits per heavy atom. The van der Waals surface area contributed by atoms with Crippen LogP contribution in [0.2, 0.25) is 0 Å². The van der Waals surface area contributed by atoms with Crippen LogP contribution >= 0.6 is 11.3 Å². The van der Waals surface area contributed by atoms with E-state index in [4.69, 9.17) is 4.99 Å². The number of amidine groups is 1. The van der Waals surface area contributed by atoms with Gasteiger partial charge in [0.15, 0.2) is 0 Å². The van der Waals surface area contributed by atoms with Crippen LogP contribution in [0.4, 0.5) is 0 Å². The van der Waals surface area contributed by atoms with Crippen molar-refractivity contribution in [1.29, 1.82) is 0 Å². The van der Waals surface area contributed by atoms with Crippen molar-refractivity contribution in [2.24, 2.45) is 4.99 Å². The lowest BCUT2D eigenvalue weighted by Gasteiger charge is -2.35. The average molecular weight is 536 g/mol. The quantitative estimate of drug-likeness (QED) is 0.221. The molecule has 6 aromatic rings. The van der Waals surface area contributed by atoms with Crippen molar-refractivity contribution in [3.05, 3.63) is 131 Å². The fourth-order valence-corrected chi connectivity index (χ4v) is 7.80. The Kier molecular flexibility index (Phi) is 5.32. The van der Waals surface area contributed by atoms with Gasteiger partial charge < -0.3 is 9.47 Å². The number of thiophene rings is 1. The first-order valence-electron chi connectivity index (χ1n) is 14.0. The number of aliphatic imine (C=N–C) groups is 1. The van der Waals surface area contributed by atoms with E-state index in [-0.39, 0.29) is 6.17 Å². The highest BCUT2D eigenvalue weighted by Gasteiger charge is 2.29. The molecule has 2 unspecified atom stereocenters. The molecule has 194 valence electrons. The first-order valence-corrected chi connectivity index (χ1v) is 14.8. The zero-order valence-corrected chi connectivity index (χ0v) is 23.4. The molecule has 3 nitrogen and oxygen atoms in total. The van der Waals surface area contributed by atoms with E-state index < -0.39 is 0 Å². The van der Waals surface area contributed by atoms with Gasteiger partial charge in [0.25, 0.3) is 0 Å². The van der Waals surface area contributed by atoms with E-state index in [0.29, 0.717) is 5.92 Å². The number of nitrogens with zero attached hydrogens (tertiary/aromatic N) is 3. The minimum atomic E-state index is -0.0467. The average Bonchev–Trinajstić information content (AvgIpc) is 3.52. The Bertz CT molecular complexity index is 2010. The number of hydrogen-bond donors (Lipinski definition) is 0. The molecule has 1 aliphatic heterocycles. The highest BCUT2D eigenvalue weighted by Crippen LogP contribution is 2.45. The summed E-state index contributed by atoms with van der Waals surface area (Å²) >= 11 is 1.93. The van der Waals surface area contributed by atoms with Gasteiger partial charge in [-0.15, -0.1) is 11.3 Å². The predicted molar refractivity (Wildman–Crippen MR) is 171 cm³/mol. The molecule has 2 aliphatic rings. The van der Waals surface area contributed by atoms with Crippen LogP contribution in [0.15, 0.2) is 114 Å². The summed E-state index contributed by atoms with van der Waals surface area (Å²) in [6, 6.07) is 34.9. The number of aromatic nitrogens is 1. The van der Waals surface area contributed by atoms with Crippen molar-refractivity contribution in [3.8, 4) is 0 Å². The number of hydrogen-bond acceptors (Lipinski definition) is 3. The van der Waals surface area contributed by atoms with Crippen LogP contribution in [-0.2, 0) is 0 Å². The third kappa shape index (κ3) is 3.53. The standard InChI is InChI=1S/C36H29N3S/c1-23-12-11-19-32-35(23)28-20-31-27(21-33(28)40-32)26-17-9-10-18-30(26)39(31)34-22-29(24-13-5-3-6-14-24)37-36(38(34)2)25-15-7-4-8-16-25/h3-11,13-23,34H,12H2,1-2H3. The van der Waals surface area contributed by atoms with Crippen molar-refractivity contribution < 1.29 is 0 Å². The van der Waals surface area contributed by atoms with Crippen LogP contribution in [0, 0.1) is 0 Å². The molecular weight excluding hydrogens is 506 g/mol. The molecule has 0 bridgehead atoms. The fraction of sp³-hybridized carbons (Fsp3) is 0.139. The van der Waals surface area contributed by atoms with Gasteiger partial charge in [-0.25, -0.2) is 4.99 Å². The smallest absolute Gasteiger partial charge is 0.138 e. The van der Waals surface area contributed by atoms with E-state index >= 15 is 0 Å². The van der Waals surface area contributed by atoms with Crippen molar-refractivity contribution in [1.82, 2.24) is 9.47 Å². The molecule has 40 heavy (non-hydrogen) atoms. The van der Waals surface area contributed by atoms with Gasteiger partial charge in [-0.3, -0.25) is 0 Å². The van der Waals surface area contributed by atoms with Crippen LogP contribution < -0.4 is 0 Å². The van der Waals surface area contributed by atoms with E-state index in [1.54, 1.807) is 0 Å². The Hall–Kier alpha value is -4.41. The fourth-order valence-electron chi connectivity index (χ4n) is 6.52.